The molecule has 1 aromatic heterocycles. The lowest BCUT2D eigenvalue weighted by molar-refractivity contribution is -0.156. The van der Waals surface area contributed by atoms with Gasteiger partial charge in [-0.25, -0.2) is 0 Å². The smallest absolute Gasteiger partial charge is 0.324 e. The summed E-state index contributed by atoms with van der Waals surface area (Å²) in [5, 5.41) is 0. The highest BCUT2D eigenvalue weighted by molar-refractivity contribution is 7.12. The number of aryl methyl sites for hydroxylation is 2. The van der Waals surface area contributed by atoms with Crippen LogP contribution in [0.1, 0.15) is 48.9 Å². The predicted molar refractivity (Wildman–Crippen MR) is 79.1 cm³/mol. The first-order chi connectivity index (χ1) is 9.58. The van der Waals surface area contributed by atoms with Crippen LogP contribution < -0.4 is 0 Å². The molecule has 0 unspecified atom stereocenters. The van der Waals surface area contributed by atoms with Crippen molar-refractivity contribution in [3.05, 3.63) is 21.4 Å². The Labute approximate surface area is 124 Å². The monoisotopic (exact) mass is 298 g/mol. The Morgan fingerprint density at radius 1 is 1.05 bits per heavy atom. The first kappa shape index (κ1) is 16.7. The Morgan fingerprint density at radius 2 is 1.60 bits per heavy atom. The molecule has 0 aliphatic carbocycles. The highest BCUT2D eigenvalue weighted by Crippen LogP contribution is 2.31. The summed E-state index contributed by atoms with van der Waals surface area (Å²) in [7, 11) is 0. The standard InChI is InChI=1S/C15H22O4S/c1-5-10-9-11(12(6-2)20-10)13(14(16)18-7-3)15(17)19-8-4/h9,13H,5-8H2,1-4H3. The number of carbonyl (C=O) groups excluding carboxylic acids is 2. The first-order valence-electron chi connectivity index (χ1n) is 7.03. The third-order valence-corrected chi connectivity index (χ3v) is 4.36. The second-order valence-electron chi connectivity index (χ2n) is 4.24. The van der Waals surface area contributed by atoms with Crippen LogP contribution in [0.3, 0.4) is 0 Å². The van der Waals surface area contributed by atoms with E-state index in [-0.39, 0.29) is 13.2 Å². The van der Waals surface area contributed by atoms with Crippen molar-refractivity contribution in [1.82, 2.24) is 0 Å². The molecule has 5 heteroatoms. The number of hydrogen-bond donors (Lipinski definition) is 0. The maximum absolute atomic E-state index is 12.1. The lowest BCUT2D eigenvalue weighted by Crippen LogP contribution is -2.26. The van der Waals surface area contributed by atoms with Crippen LogP contribution in [0, 0.1) is 0 Å². The number of carbonyl (C=O) groups is 2. The van der Waals surface area contributed by atoms with Crippen molar-refractivity contribution in [3.63, 3.8) is 0 Å². The van der Waals surface area contributed by atoms with E-state index in [2.05, 4.69) is 6.92 Å². The summed E-state index contributed by atoms with van der Waals surface area (Å²) in [6.45, 7) is 8.03. The van der Waals surface area contributed by atoms with Gasteiger partial charge in [-0.3, -0.25) is 9.59 Å². The average molecular weight is 298 g/mol. The van der Waals surface area contributed by atoms with Crippen LogP contribution in [0.4, 0.5) is 0 Å². The number of esters is 2. The van der Waals surface area contributed by atoms with Crippen LogP contribution in [0.2, 0.25) is 0 Å². The minimum Gasteiger partial charge on any atom is -0.465 e. The summed E-state index contributed by atoms with van der Waals surface area (Å²) in [4.78, 5) is 26.4. The molecule has 0 N–H and O–H groups in total. The van der Waals surface area contributed by atoms with Crippen LogP contribution in [0.15, 0.2) is 6.07 Å². The third kappa shape index (κ3) is 3.82. The van der Waals surface area contributed by atoms with E-state index < -0.39 is 17.9 Å². The van der Waals surface area contributed by atoms with Gasteiger partial charge in [0, 0.05) is 9.75 Å². The number of thiophene rings is 1. The zero-order valence-corrected chi connectivity index (χ0v) is 13.3. The quantitative estimate of drug-likeness (QED) is 0.573. The van der Waals surface area contributed by atoms with E-state index in [0.29, 0.717) is 0 Å². The molecule has 1 heterocycles. The van der Waals surface area contributed by atoms with Gasteiger partial charge in [-0.1, -0.05) is 13.8 Å². The summed E-state index contributed by atoms with van der Waals surface area (Å²) < 4.78 is 10.1. The summed E-state index contributed by atoms with van der Waals surface area (Å²) >= 11 is 1.64. The SMILES string of the molecule is CCOC(=O)C(C(=O)OCC)c1cc(CC)sc1CC. The van der Waals surface area contributed by atoms with E-state index in [0.717, 1.165) is 28.2 Å². The average Bonchev–Trinajstić information content (AvgIpc) is 2.82. The molecule has 20 heavy (non-hydrogen) atoms. The first-order valence-corrected chi connectivity index (χ1v) is 7.85. The van der Waals surface area contributed by atoms with Gasteiger partial charge < -0.3 is 9.47 Å². The molecular weight excluding hydrogens is 276 g/mol. The van der Waals surface area contributed by atoms with Crippen LogP contribution in [0.5, 0.6) is 0 Å². The Balaban J connectivity index is 3.18. The van der Waals surface area contributed by atoms with Gasteiger partial charge in [-0.15, -0.1) is 11.3 Å². The molecule has 0 aliphatic heterocycles. The largest absolute Gasteiger partial charge is 0.465 e. The van der Waals surface area contributed by atoms with E-state index in [1.807, 2.05) is 13.0 Å². The van der Waals surface area contributed by atoms with Crippen molar-refractivity contribution in [2.75, 3.05) is 13.2 Å². The molecule has 1 rings (SSSR count). The molecule has 0 aromatic carbocycles. The van der Waals surface area contributed by atoms with Gasteiger partial charge in [-0.2, -0.15) is 0 Å². The minimum absolute atomic E-state index is 0.251. The van der Waals surface area contributed by atoms with E-state index >= 15 is 0 Å². The summed E-state index contributed by atoms with van der Waals surface area (Å²) in [6, 6.07) is 1.93. The van der Waals surface area contributed by atoms with E-state index in [1.54, 1.807) is 25.2 Å². The zero-order chi connectivity index (χ0) is 15.1. The molecule has 0 radical (unpaired) electrons. The third-order valence-electron chi connectivity index (χ3n) is 2.92. The molecule has 112 valence electrons. The second-order valence-corrected chi connectivity index (χ2v) is 5.46. The van der Waals surface area contributed by atoms with Crippen LogP contribution in [-0.4, -0.2) is 25.2 Å². The van der Waals surface area contributed by atoms with E-state index in [1.165, 1.54) is 0 Å². The van der Waals surface area contributed by atoms with Crippen molar-refractivity contribution < 1.29 is 19.1 Å². The molecule has 4 nitrogen and oxygen atoms in total. The summed E-state index contributed by atoms with van der Waals surface area (Å²) in [6.07, 6.45) is 1.67. The highest BCUT2D eigenvalue weighted by atomic mass is 32.1. The molecule has 0 atom stereocenters. The van der Waals surface area contributed by atoms with Gasteiger partial charge in [0.05, 0.1) is 13.2 Å². The van der Waals surface area contributed by atoms with Crippen LogP contribution in [-0.2, 0) is 31.9 Å². The van der Waals surface area contributed by atoms with Gasteiger partial charge in [0.25, 0.3) is 0 Å². The van der Waals surface area contributed by atoms with Gasteiger partial charge in [0.2, 0.25) is 0 Å². The highest BCUT2D eigenvalue weighted by Gasteiger charge is 2.34. The maximum atomic E-state index is 12.1. The molecule has 0 saturated carbocycles. The molecule has 0 fully saturated rings. The molecule has 0 amide bonds. The Bertz CT molecular complexity index is 446. The van der Waals surface area contributed by atoms with E-state index in [4.69, 9.17) is 9.47 Å². The fraction of sp³-hybridized carbons (Fsp3) is 0.600. The van der Waals surface area contributed by atoms with Gasteiger partial charge in [0.1, 0.15) is 0 Å². The summed E-state index contributed by atoms with van der Waals surface area (Å²) in [5.74, 6) is -2.01. The van der Waals surface area contributed by atoms with Crippen molar-refractivity contribution in [3.8, 4) is 0 Å². The van der Waals surface area contributed by atoms with E-state index in [9.17, 15) is 9.59 Å². The molecular formula is C15H22O4S. The Morgan fingerprint density at radius 3 is 2.00 bits per heavy atom. The van der Waals surface area contributed by atoms with Crippen molar-refractivity contribution in [2.24, 2.45) is 0 Å². The lowest BCUT2D eigenvalue weighted by Gasteiger charge is -2.14. The zero-order valence-electron chi connectivity index (χ0n) is 12.5. The minimum atomic E-state index is -0.957. The molecule has 0 aliphatic rings. The fourth-order valence-corrected chi connectivity index (χ4v) is 3.08. The molecule has 0 spiro atoms. The van der Waals surface area contributed by atoms with Crippen molar-refractivity contribution >= 4 is 23.3 Å². The number of hydrogen-bond acceptors (Lipinski definition) is 5. The lowest BCUT2D eigenvalue weighted by atomic mass is 9.98. The Kier molecular flexibility index (Phi) is 6.71. The van der Waals surface area contributed by atoms with Crippen LogP contribution >= 0.6 is 11.3 Å². The predicted octanol–water partition coefficient (Wildman–Crippen LogP) is 3.08. The number of ether oxygens (including phenoxy) is 2. The van der Waals surface area contributed by atoms with Crippen molar-refractivity contribution in [2.45, 2.75) is 46.5 Å². The molecule has 1 aromatic rings. The maximum Gasteiger partial charge on any atom is 0.324 e. The fourth-order valence-electron chi connectivity index (χ4n) is 2.00. The van der Waals surface area contributed by atoms with Gasteiger partial charge in [-0.05, 0) is 38.3 Å². The molecule has 0 saturated heterocycles. The van der Waals surface area contributed by atoms with Crippen LogP contribution in [0.25, 0.3) is 0 Å². The number of rotatable bonds is 7. The van der Waals surface area contributed by atoms with Gasteiger partial charge in [0.15, 0.2) is 5.92 Å². The topological polar surface area (TPSA) is 52.6 Å². The van der Waals surface area contributed by atoms with Gasteiger partial charge >= 0.3 is 11.9 Å². The second kappa shape index (κ2) is 8.04. The molecule has 0 bridgehead atoms. The Hall–Kier alpha value is -1.36. The normalized spacial score (nSPS) is 10.7. The van der Waals surface area contributed by atoms with Crippen molar-refractivity contribution in [1.29, 1.82) is 0 Å². The summed E-state index contributed by atoms with van der Waals surface area (Å²) in [5.41, 5.74) is 0.742.